The van der Waals surface area contributed by atoms with Crippen LogP contribution in [0.25, 0.3) is 0 Å². The minimum atomic E-state index is -1.46. The predicted octanol–water partition coefficient (Wildman–Crippen LogP) is 2.54. The van der Waals surface area contributed by atoms with Crippen molar-refractivity contribution in [2.45, 2.75) is 141 Å². The van der Waals surface area contributed by atoms with Gasteiger partial charge in [-0.15, -0.1) is 0 Å². The number of fused-ring (bicyclic) bond motifs is 7. The molecule has 0 radical (unpaired) electrons. The number of ether oxygens (including phenoxy) is 3. The van der Waals surface area contributed by atoms with Crippen LogP contribution in [0.1, 0.15) is 91.9 Å². The van der Waals surface area contributed by atoms with E-state index in [0.29, 0.717) is 36.1 Å². The summed E-state index contributed by atoms with van der Waals surface area (Å²) >= 11 is 0. The number of nitrogens with two attached hydrogens (primary N) is 1. The molecule has 17 atom stereocenters. The van der Waals surface area contributed by atoms with Crippen LogP contribution in [0.2, 0.25) is 0 Å². The van der Waals surface area contributed by atoms with Crippen molar-refractivity contribution in [3.63, 3.8) is 0 Å². The quantitative estimate of drug-likeness (QED) is 0.261. The third-order valence-electron chi connectivity index (χ3n) is 13.8. The molecule has 42 heavy (non-hydrogen) atoms. The van der Waals surface area contributed by atoms with Gasteiger partial charge in [-0.25, -0.2) is 0 Å². The second-order valence-corrected chi connectivity index (χ2v) is 16.0. The smallest absolute Gasteiger partial charge is 0.186 e. The second kappa shape index (κ2) is 11.5. The number of aliphatic hydroxyl groups excluding tert-OH is 4. The molecule has 0 amide bonds. The van der Waals surface area contributed by atoms with Crippen molar-refractivity contribution in [3.05, 3.63) is 0 Å². The molecule has 2 saturated heterocycles. The lowest BCUT2D eigenvalue weighted by atomic mass is 9.44. The molecular formula is C33H57NO8. The van der Waals surface area contributed by atoms with E-state index in [4.69, 9.17) is 19.9 Å². The van der Waals surface area contributed by atoms with E-state index in [-0.39, 0.29) is 30.0 Å². The molecule has 0 unspecified atom stereocenters. The van der Waals surface area contributed by atoms with E-state index in [1.165, 1.54) is 44.9 Å². The largest absolute Gasteiger partial charge is 0.394 e. The van der Waals surface area contributed by atoms with Gasteiger partial charge in [-0.1, -0.05) is 27.7 Å². The monoisotopic (exact) mass is 595 g/mol. The van der Waals surface area contributed by atoms with Gasteiger partial charge in [-0.2, -0.15) is 0 Å². The minimum absolute atomic E-state index is 0.0379. The molecule has 4 saturated carbocycles. The summed E-state index contributed by atoms with van der Waals surface area (Å²) in [6.45, 7) is 9.06. The van der Waals surface area contributed by atoms with Gasteiger partial charge in [0, 0.05) is 18.4 Å². The van der Waals surface area contributed by atoms with E-state index in [2.05, 4.69) is 20.8 Å². The molecule has 0 aromatic rings. The van der Waals surface area contributed by atoms with Crippen LogP contribution < -0.4 is 5.73 Å². The summed E-state index contributed by atoms with van der Waals surface area (Å²) in [5.74, 6) is 2.27. The fourth-order valence-corrected chi connectivity index (χ4v) is 11.3. The standard InChI is InChI=1S/C33H57NO8/c1-17(16-40-30-29(38)28(37)27(36)25(15-35)41-30)7-12-33(39)18(2)26-24(42-33)14-23-21-6-5-19-13-20(34)8-10-31(19,3)22(21)9-11-32(23,26)4/h17-30,35-39H,5-16,34H2,1-4H3/t17-,18+,19+,20+,21-,22+,23-,24+,25-,26+,27-,28+,29-,30-,31+,32+,33-/m1/s1. The van der Waals surface area contributed by atoms with Crippen LogP contribution in [0, 0.1) is 52.3 Å². The van der Waals surface area contributed by atoms with Crippen LogP contribution >= 0.6 is 0 Å². The maximum atomic E-state index is 11.8. The summed E-state index contributed by atoms with van der Waals surface area (Å²) in [5.41, 5.74) is 7.03. The first-order valence-electron chi connectivity index (χ1n) is 16.9. The maximum Gasteiger partial charge on any atom is 0.186 e. The summed E-state index contributed by atoms with van der Waals surface area (Å²) < 4.78 is 17.9. The van der Waals surface area contributed by atoms with Gasteiger partial charge < -0.3 is 45.5 Å². The zero-order chi connectivity index (χ0) is 30.2. The maximum absolute atomic E-state index is 11.8. The fraction of sp³-hybridized carbons (Fsp3) is 1.00. The lowest BCUT2D eigenvalue weighted by Crippen LogP contribution is -2.59. The molecule has 242 valence electrons. The topological polar surface area (TPSA) is 155 Å². The molecule has 0 bridgehead atoms. The van der Waals surface area contributed by atoms with Crippen molar-refractivity contribution in [2.75, 3.05) is 13.2 Å². The molecule has 4 aliphatic carbocycles. The molecule has 0 aromatic heterocycles. The SMILES string of the molecule is C[C@H](CC[C@@]1(O)O[C@H]2C[C@@H]3[C@@H]4CC[C@H]5C[C@@H](N)CC[C@]5(C)[C@H]4CC[C@]3(C)[C@H]2[C@@H]1C)CO[C@@H]1O[C@H](CO)[C@@H](O)[C@H](O)[C@H]1O. The van der Waals surface area contributed by atoms with Crippen molar-refractivity contribution in [1.29, 1.82) is 0 Å². The zero-order valence-electron chi connectivity index (χ0n) is 26.1. The van der Waals surface area contributed by atoms with Crippen molar-refractivity contribution in [3.8, 4) is 0 Å². The van der Waals surface area contributed by atoms with E-state index in [0.717, 1.165) is 24.2 Å². The molecular weight excluding hydrogens is 538 g/mol. The first-order chi connectivity index (χ1) is 19.8. The summed E-state index contributed by atoms with van der Waals surface area (Å²) in [6.07, 6.45) is 4.75. The van der Waals surface area contributed by atoms with E-state index in [1.807, 2.05) is 6.92 Å². The molecule has 0 spiro atoms. The van der Waals surface area contributed by atoms with Gasteiger partial charge >= 0.3 is 0 Å². The summed E-state index contributed by atoms with van der Waals surface area (Å²) in [6, 6.07) is 0.383. The second-order valence-electron chi connectivity index (χ2n) is 16.0. The van der Waals surface area contributed by atoms with E-state index >= 15 is 0 Å². The Morgan fingerprint density at radius 3 is 2.43 bits per heavy atom. The summed E-state index contributed by atoms with van der Waals surface area (Å²) in [7, 11) is 0. The number of rotatable bonds is 7. The van der Waals surface area contributed by atoms with E-state index in [1.54, 1.807) is 0 Å². The Bertz CT molecular complexity index is 968. The van der Waals surface area contributed by atoms with Gasteiger partial charge in [0.15, 0.2) is 12.1 Å². The van der Waals surface area contributed by atoms with E-state index < -0.39 is 43.1 Å². The van der Waals surface area contributed by atoms with E-state index in [9.17, 15) is 25.5 Å². The average molecular weight is 596 g/mol. The number of hydrogen-bond donors (Lipinski definition) is 6. The lowest BCUT2D eigenvalue weighted by molar-refractivity contribution is -0.303. The Hall–Kier alpha value is -0.360. The molecule has 9 heteroatoms. The Kier molecular flexibility index (Phi) is 8.63. The molecule has 6 aliphatic rings. The average Bonchev–Trinajstić information content (AvgIpc) is 3.39. The Morgan fingerprint density at radius 1 is 0.952 bits per heavy atom. The normalized spacial score (nSPS) is 56.3. The highest BCUT2D eigenvalue weighted by molar-refractivity contribution is 5.15. The third-order valence-corrected chi connectivity index (χ3v) is 13.8. The summed E-state index contributed by atoms with van der Waals surface area (Å²) in [5, 5.41) is 51.6. The molecule has 2 heterocycles. The Labute approximate surface area is 251 Å². The van der Waals surface area contributed by atoms with Crippen molar-refractivity contribution in [1.82, 2.24) is 0 Å². The Morgan fingerprint density at radius 2 is 1.69 bits per heavy atom. The van der Waals surface area contributed by atoms with Gasteiger partial charge in [0.25, 0.3) is 0 Å². The molecule has 6 rings (SSSR count). The third kappa shape index (κ3) is 5.01. The van der Waals surface area contributed by atoms with Crippen LogP contribution in [0.5, 0.6) is 0 Å². The van der Waals surface area contributed by atoms with Crippen molar-refractivity contribution >= 4 is 0 Å². The Balaban J connectivity index is 1.05. The highest BCUT2D eigenvalue weighted by Crippen LogP contribution is 2.70. The van der Waals surface area contributed by atoms with Crippen molar-refractivity contribution in [2.24, 2.45) is 58.0 Å². The van der Waals surface area contributed by atoms with Crippen LogP contribution in [0.15, 0.2) is 0 Å². The summed E-state index contributed by atoms with van der Waals surface area (Å²) in [4.78, 5) is 0. The predicted molar refractivity (Wildman–Crippen MR) is 156 cm³/mol. The highest BCUT2D eigenvalue weighted by atomic mass is 16.7. The minimum Gasteiger partial charge on any atom is -0.394 e. The molecule has 2 aliphatic heterocycles. The first kappa shape index (κ1) is 31.6. The van der Waals surface area contributed by atoms with Crippen molar-refractivity contribution < 1.29 is 39.7 Å². The zero-order valence-corrected chi connectivity index (χ0v) is 26.1. The van der Waals surface area contributed by atoms with Gasteiger partial charge in [0.2, 0.25) is 0 Å². The first-order valence-corrected chi connectivity index (χ1v) is 16.9. The fourth-order valence-electron chi connectivity index (χ4n) is 11.3. The van der Waals surface area contributed by atoms with Crippen LogP contribution in [-0.4, -0.2) is 87.4 Å². The molecule has 6 fully saturated rings. The molecule has 9 nitrogen and oxygen atoms in total. The van der Waals surface area contributed by atoms with Gasteiger partial charge in [-0.05, 0) is 104 Å². The van der Waals surface area contributed by atoms with Gasteiger partial charge in [0.05, 0.1) is 19.3 Å². The molecule has 0 aromatic carbocycles. The van der Waals surface area contributed by atoms with Crippen LogP contribution in [0.3, 0.4) is 0 Å². The lowest BCUT2D eigenvalue weighted by Gasteiger charge is -2.61. The van der Waals surface area contributed by atoms with Crippen LogP contribution in [0.4, 0.5) is 0 Å². The number of aliphatic hydroxyl groups is 5. The highest BCUT2D eigenvalue weighted by Gasteiger charge is 2.68. The number of hydrogen-bond acceptors (Lipinski definition) is 9. The van der Waals surface area contributed by atoms with Gasteiger partial charge in [0.1, 0.15) is 24.4 Å². The van der Waals surface area contributed by atoms with Gasteiger partial charge in [-0.3, -0.25) is 0 Å². The molecule has 7 N–H and O–H groups in total. The van der Waals surface area contributed by atoms with Crippen LogP contribution in [-0.2, 0) is 14.2 Å².